The third-order valence-electron chi connectivity index (χ3n) is 4.10. The molecule has 0 aromatic heterocycles. The molecule has 0 spiro atoms. The Bertz CT molecular complexity index is 610. The van der Waals surface area contributed by atoms with Gasteiger partial charge in [0.1, 0.15) is 5.75 Å². The van der Waals surface area contributed by atoms with Crippen LogP contribution in [0.4, 0.5) is 0 Å². The minimum atomic E-state index is -0.150. The molecule has 0 amide bonds. The Labute approximate surface area is 190 Å². The number of phenols is 1. The number of aromatic hydroxyl groups is 1. The predicted octanol–water partition coefficient (Wildman–Crippen LogP) is 4.40. The summed E-state index contributed by atoms with van der Waals surface area (Å²) in [6, 6.07) is 3.99. The molecule has 0 heterocycles. The topological polar surface area (TPSA) is 90.1 Å². The van der Waals surface area contributed by atoms with Gasteiger partial charge in [0, 0.05) is 23.9 Å². The first-order chi connectivity index (χ1) is 13.4. The van der Waals surface area contributed by atoms with Crippen molar-refractivity contribution in [3.05, 3.63) is 28.8 Å². The standard InChI is InChI=1S/C20H33NO2S.C2H6O.O.V/c1-19(2,3)15-10-14(12-21-16(13-22)8-9-24-7)18(23)17(11-15)20(4,5)6;1-2-3;;/h10-12,16,22-23H,8-9,13H2,1-7H3;3H,2H2,1H3;;/t16-;;;/m0.../s1. The summed E-state index contributed by atoms with van der Waals surface area (Å²) >= 11 is 2.81. The molecule has 0 aliphatic carbocycles. The summed E-state index contributed by atoms with van der Waals surface area (Å²) in [5.74, 6) is 1.25. The second-order valence-electron chi connectivity index (χ2n) is 8.67. The van der Waals surface area contributed by atoms with Gasteiger partial charge in [-0.1, -0.05) is 47.6 Å². The summed E-state index contributed by atoms with van der Waals surface area (Å²) in [5.41, 5.74) is 2.68. The zero-order valence-corrected chi connectivity index (χ0v) is 21.4. The third kappa shape index (κ3) is 11.9. The summed E-state index contributed by atoms with van der Waals surface area (Å²) < 4.78 is 8.19. The number of thioether (sulfide) groups is 1. The van der Waals surface area contributed by atoms with Gasteiger partial charge in [0.05, 0.1) is 12.6 Å². The first-order valence-electron chi connectivity index (χ1n) is 9.72. The Kier molecular flexibility index (Phi) is 16.0. The summed E-state index contributed by atoms with van der Waals surface area (Å²) in [6.07, 6.45) is 4.60. The molecule has 1 aromatic carbocycles. The second kappa shape index (κ2) is 15.2. The molecule has 167 valence electrons. The van der Waals surface area contributed by atoms with Crippen LogP contribution >= 0.6 is 11.8 Å². The van der Waals surface area contributed by atoms with E-state index in [0.717, 1.165) is 40.7 Å². The number of rotatable bonds is 6. The molecule has 1 aromatic rings. The van der Waals surface area contributed by atoms with Crippen molar-refractivity contribution in [1.82, 2.24) is 0 Å². The molecular weight excluding hydrogens is 425 g/mol. The average molecular weight is 465 g/mol. The van der Waals surface area contributed by atoms with Crippen LogP contribution in [0.5, 0.6) is 5.75 Å². The van der Waals surface area contributed by atoms with E-state index in [1.54, 1.807) is 24.9 Å². The van der Waals surface area contributed by atoms with Crippen LogP contribution in [0, 0.1) is 0 Å². The Hall–Kier alpha value is -0.656. The van der Waals surface area contributed by atoms with Crippen LogP contribution in [-0.2, 0) is 31.9 Å². The molecule has 0 aliphatic heterocycles. The predicted molar refractivity (Wildman–Crippen MR) is 120 cm³/mol. The van der Waals surface area contributed by atoms with E-state index in [1.807, 2.05) is 12.3 Å². The van der Waals surface area contributed by atoms with E-state index in [-0.39, 0.29) is 30.1 Å². The van der Waals surface area contributed by atoms with Gasteiger partial charge in [-0.05, 0) is 47.8 Å². The molecule has 0 aliphatic rings. The van der Waals surface area contributed by atoms with Crippen LogP contribution in [0.3, 0.4) is 0 Å². The second-order valence-corrected chi connectivity index (χ2v) is 9.66. The van der Waals surface area contributed by atoms with Gasteiger partial charge in [0.15, 0.2) is 0 Å². The average Bonchev–Trinajstić information content (AvgIpc) is 2.63. The fraction of sp³-hybridized carbons (Fsp3) is 0.682. The van der Waals surface area contributed by atoms with Crippen molar-refractivity contribution < 1.29 is 36.4 Å². The van der Waals surface area contributed by atoms with Gasteiger partial charge in [-0.3, -0.25) is 4.99 Å². The molecule has 29 heavy (non-hydrogen) atoms. The third-order valence-corrected chi connectivity index (χ3v) is 4.75. The van der Waals surface area contributed by atoms with Crippen molar-refractivity contribution in [3.8, 4) is 5.75 Å². The first kappa shape index (κ1) is 30.5. The van der Waals surface area contributed by atoms with E-state index in [9.17, 15) is 10.2 Å². The number of aliphatic hydroxyl groups is 2. The van der Waals surface area contributed by atoms with Gasteiger partial charge in [-0.25, -0.2) is 0 Å². The maximum absolute atomic E-state index is 10.7. The number of hydrogen-bond donors (Lipinski definition) is 3. The summed E-state index contributed by atoms with van der Waals surface area (Å²) in [4.78, 5) is 4.51. The van der Waals surface area contributed by atoms with E-state index in [4.69, 9.17) is 8.78 Å². The van der Waals surface area contributed by atoms with Crippen molar-refractivity contribution in [3.63, 3.8) is 0 Å². The molecule has 0 unspecified atom stereocenters. The van der Waals surface area contributed by atoms with Gasteiger partial charge >= 0.3 is 21.0 Å². The van der Waals surface area contributed by atoms with Crippen molar-refractivity contribution in [2.75, 3.05) is 25.2 Å². The zero-order chi connectivity index (χ0) is 23.3. The van der Waals surface area contributed by atoms with Crippen LogP contribution < -0.4 is 0 Å². The molecule has 1 atom stereocenters. The molecule has 0 saturated carbocycles. The van der Waals surface area contributed by atoms with Crippen molar-refractivity contribution >= 4 is 18.0 Å². The Balaban J connectivity index is 0. The zero-order valence-electron chi connectivity index (χ0n) is 19.2. The molecular formula is C22H39NO4SV. The van der Waals surface area contributed by atoms with E-state index in [1.165, 1.54) is 5.56 Å². The van der Waals surface area contributed by atoms with Gasteiger partial charge in [-0.2, -0.15) is 11.8 Å². The number of benzene rings is 1. The van der Waals surface area contributed by atoms with Gasteiger partial charge in [0.2, 0.25) is 0 Å². The van der Waals surface area contributed by atoms with E-state index in [2.05, 4.69) is 52.6 Å². The molecule has 0 fully saturated rings. The van der Waals surface area contributed by atoms with E-state index >= 15 is 0 Å². The molecule has 0 saturated heterocycles. The maximum atomic E-state index is 10.7. The van der Waals surface area contributed by atoms with Crippen LogP contribution in [-0.4, -0.2) is 52.8 Å². The fourth-order valence-corrected chi connectivity index (χ4v) is 2.92. The number of nitrogens with zero attached hydrogens (tertiary/aromatic N) is 1. The van der Waals surface area contributed by atoms with Crippen molar-refractivity contribution in [2.45, 2.75) is 71.8 Å². The number of aliphatic imine (C=N–C) groups is 1. The molecule has 5 nitrogen and oxygen atoms in total. The normalized spacial score (nSPS) is 12.6. The molecule has 7 heteroatoms. The quantitative estimate of drug-likeness (QED) is 0.543. The molecule has 0 radical (unpaired) electrons. The van der Waals surface area contributed by atoms with Gasteiger partial charge in [-0.15, -0.1) is 0 Å². The summed E-state index contributed by atoms with van der Waals surface area (Å²) in [5, 5.41) is 27.8. The SMILES string of the molecule is CCO.CSCC[C@@H](CO)N=Cc1cc(C(C)(C)C)cc(C(C)(C)C)c1O.[O]=[V]. The van der Waals surface area contributed by atoms with Gasteiger partial charge < -0.3 is 15.3 Å². The van der Waals surface area contributed by atoms with E-state index < -0.39 is 0 Å². The van der Waals surface area contributed by atoms with Crippen molar-refractivity contribution in [2.24, 2.45) is 4.99 Å². The molecule has 3 N–H and O–H groups in total. The molecule has 1 rings (SSSR count). The van der Waals surface area contributed by atoms with Crippen LogP contribution in [0.25, 0.3) is 0 Å². The first-order valence-corrected chi connectivity index (χ1v) is 11.7. The summed E-state index contributed by atoms with van der Waals surface area (Å²) in [7, 11) is 0. The Morgan fingerprint density at radius 2 is 1.62 bits per heavy atom. The Morgan fingerprint density at radius 1 is 1.10 bits per heavy atom. The molecule has 0 bridgehead atoms. The minimum absolute atomic E-state index is 0.00841. The number of phenolic OH excluding ortho intramolecular Hbond substituents is 1. The number of aliphatic hydroxyl groups excluding tert-OH is 2. The summed E-state index contributed by atoms with van der Waals surface area (Å²) in [6.45, 7) is 14.8. The fourth-order valence-electron chi connectivity index (χ4n) is 2.41. The van der Waals surface area contributed by atoms with E-state index in [0.29, 0.717) is 5.75 Å². The van der Waals surface area contributed by atoms with Gasteiger partial charge in [0.25, 0.3) is 0 Å². The van der Waals surface area contributed by atoms with Crippen LogP contribution in [0.1, 0.15) is 71.6 Å². The Morgan fingerprint density at radius 3 is 2.00 bits per heavy atom. The monoisotopic (exact) mass is 464 g/mol. The van der Waals surface area contributed by atoms with Crippen LogP contribution in [0.15, 0.2) is 17.1 Å². The van der Waals surface area contributed by atoms with Crippen molar-refractivity contribution in [1.29, 1.82) is 0 Å². The number of hydrogen-bond acceptors (Lipinski definition) is 6. The van der Waals surface area contributed by atoms with Crippen LogP contribution in [0.2, 0.25) is 0 Å².